The highest BCUT2D eigenvalue weighted by Crippen LogP contribution is 2.32. The van der Waals surface area contributed by atoms with Crippen molar-refractivity contribution in [2.75, 3.05) is 6.54 Å². The van der Waals surface area contributed by atoms with Crippen molar-refractivity contribution in [1.29, 1.82) is 0 Å². The molecule has 1 rings (SSSR count). The van der Waals surface area contributed by atoms with E-state index in [9.17, 15) is 13.2 Å². The average molecular weight is 285 g/mol. The zero-order chi connectivity index (χ0) is 14.4. The first-order chi connectivity index (χ1) is 8.99. The molecule has 1 fully saturated rings. The lowest BCUT2D eigenvalue weighted by Gasteiger charge is -2.34. The summed E-state index contributed by atoms with van der Waals surface area (Å²) < 4.78 is 23.9. The predicted octanol–water partition coefficient (Wildman–Crippen LogP) is 1.72. The normalized spacial score (nSPS) is 24.1. The minimum Gasteiger partial charge on any atom is -0.481 e. The summed E-state index contributed by atoms with van der Waals surface area (Å²) in [5, 5.41) is 8.71. The Kier molecular flexibility index (Phi) is 5.82. The fourth-order valence-electron chi connectivity index (χ4n) is 2.29. The summed E-state index contributed by atoms with van der Waals surface area (Å²) in [6.07, 6.45) is 6.37. The number of carbonyl (C=O) groups is 1. The Morgan fingerprint density at radius 2 is 2.26 bits per heavy atom. The third-order valence-corrected chi connectivity index (χ3v) is 3.88. The molecule has 1 aliphatic rings. The Labute approximate surface area is 115 Å². The molecule has 0 spiro atoms. The van der Waals surface area contributed by atoms with Crippen LogP contribution in [0.5, 0.6) is 0 Å². The number of allylic oxidation sites excluding steroid dienone is 4. The largest absolute Gasteiger partial charge is 0.481 e. The maximum absolute atomic E-state index is 11.3. The zero-order valence-electron chi connectivity index (χ0n) is 10.9. The first kappa shape index (κ1) is 15.5. The predicted molar refractivity (Wildman–Crippen MR) is 74.0 cm³/mol. The topological polar surface area (TPSA) is 74.7 Å². The molecule has 0 aliphatic carbocycles. The van der Waals surface area contributed by atoms with E-state index in [1.165, 1.54) is 4.31 Å². The SMILES string of the molecule is C=C/C=C1/C[C@@H](CCC(=O)O)CN([SH](=O)=O)/C1=C/C. The van der Waals surface area contributed by atoms with Crippen LogP contribution in [-0.2, 0) is 15.7 Å². The van der Waals surface area contributed by atoms with Gasteiger partial charge in [0.2, 0.25) is 10.9 Å². The van der Waals surface area contributed by atoms with Crippen molar-refractivity contribution in [2.24, 2.45) is 5.92 Å². The van der Waals surface area contributed by atoms with Crippen molar-refractivity contribution in [2.45, 2.75) is 26.2 Å². The molecule has 0 amide bonds. The molecule has 0 bridgehead atoms. The van der Waals surface area contributed by atoms with E-state index in [1.54, 1.807) is 25.2 Å². The lowest BCUT2D eigenvalue weighted by Crippen LogP contribution is -2.34. The highest BCUT2D eigenvalue weighted by molar-refractivity contribution is 7.70. The monoisotopic (exact) mass is 285 g/mol. The van der Waals surface area contributed by atoms with Crippen molar-refractivity contribution in [3.63, 3.8) is 0 Å². The van der Waals surface area contributed by atoms with Crippen LogP contribution in [0, 0.1) is 5.92 Å². The van der Waals surface area contributed by atoms with Gasteiger partial charge in [-0.2, -0.15) is 0 Å². The molecule has 0 aromatic heterocycles. The van der Waals surface area contributed by atoms with Gasteiger partial charge in [0.15, 0.2) is 0 Å². The lowest BCUT2D eigenvalue weighted by molar-refractivity contribution is -0.137. The molecule has 1 saturated heterocycles. The Morgan fingerprint density at radius 1 is 1.58 bits per heavy atom. The summed E-state index contributed by atoms with van der Waals surface area (Å²) in [5.74, 6) is -0.831. The van der Waals surface area contributed by atoms with Gasteiger partial charge in [0, 0.05) is 13.0 Å². The van der Waals surface area contributed by atoms with Crippen LogP contribution in [0.25, 0.3) is 0 Å². The molecular formula is C13H19NO4S. The second kappa shape index (κ2) is 7.13. The van der Waals surface area contributed by atoms with E-state index >= 15 is 0 Å². The number of aliphatic carboxylic acids is 1. The Balaban J connectivity index is 2.96. The molecule has 0 saturated carbocycles. The number of rotatable bonds is 5. The molecule has 1 aliphatic heterocycles. The fourth-order valence-corrected chi connectivity index (χ4v) is 3.08. The van der Waals surface area contributed by atoms with E-state index in [1.807, 2.05) is 0 Å². The van der Waals surface area contributed by atoms with Crippen LogP contribution in [0.1, 0.15) is 26.2 Å². The van der Waals surface area contributed by atoms with Gasteiger partial charge in [-0.25, -0.2) is 8.42 Å². The van der Waals surface area contributed by atoms with Gasteiger partial charge in [-0.15, -0.1) is 0 Å². The van der Waals surface area contributed by atoms with Crippen LogP contribution < -0.4 is 0 Å². The van der Waals surface area contributed by atoms with Crippen molar-refractivity contribution in [3.05, 3.63) is 36.1 Å². The summed E-state index contributed by atoms with van der Waals surface area (Å²) in [7, 11) is -2.71. The molecule has 6 heteroatoms. The summed E-state index contributed by atoms with van der Waals surface area (Å²) in [5.41, 5.74) is 1.56. The molecule has 0 aromatic rings. The maximum atomic E-state index is 11.3. The highest BCUT2D eigenvalue weighted by Gasteiger charge is 2.27. The van der Waals surface area contributed by atoms with Crippen LogP contribution >= 0.6 is 0 Å². The second-order valence-corrected chi connectivity index (χ2v) is 5.38. The van der Waals surface area contributed by atoms with Gasteiger partial charge in [0.25, 0.3) is 0 Å². The minimum absolute atomic E-state index is 0.0268. The third kappa shape index (κ3) is 4.24. The van der Waals surface area contributed by atoms with Gasteiger partial charge in [-0.05, 0) is 31.3 Å². The Morgan fingerprint density at radius 3 is 2.74 bits per heavy atom. The summed E-state index contributed by atoms with van der Waals surface area (Å²) >= 11 is 0. The molecule has 19 heavy (non-hydrogen) atoms. The standard InChI is InChI=1S/C13H19NO4S/c1-3-5-11-8-10(6-7-13(15)16)9-14(19(17)18)12(11)4-2/h3-5,10,19H,1,6-9H2,2H3,(H,15,16)/b11-5-,12-4+/t10-/m1/s1. The molecule has 1 atom stereocenters. The van der Waals surface area contributed by atoms with Crippen LogP contribution in [0.2, 0.25) is 0 Å². The average Bonchev–Trinajstić information content (AvgIpc) is 2.36. The first-order valence-electron chi connectivity index (χ1n) is 6.11. The summed E-state index contributed by atoms with van der Waals surface area (Å²) in [4.78, 5) is 10.6. The van der Waals surface area contributed by atoms with E-state index in [4.69, 9.17) is 5.11 Å². The Hall–Kier alpha value is -1.56. The first-order valence-corrected chi connectivity index (χ1v) is 7.24. The summed E-state index contributed by atoms with van der Waals surface area (Å²) in [6, 6.07) is 0. The molecule has 0 aromatic carbocycles. The van der Waals surface area contributed by atoms with Crippen LogP contribution in [0.15, 0.2) is 36.1 Å². The fraction of sp³-hybridized carbons (Fsp3) is 0.462. The van der Waals surface area contributed by atoms with Gasteiger partial charge in [0.1, 0.15) is 0 Å². The van der Waals surface area contributed by atoms with Crippen LogP contribution in [0.3, 0.4) is 0 Å². The number of carboxylic acid groups (broad SMARTS) is 1. The zero-order valence-corrected chi connectivity index (χ0v) is 11.8. The molecule has 0 radical (unpaired) electrons. The highest BCUT2D eigenvalue weighted by atomic mass is 32.2. The van der Waals surface area contributed by atoms with Crippen LogP contribution in [0.4, 0.5) is 0 Å². The Bertz CT molecular complexity index is 483. The number of thiol groups is 1. The van der Waals surface area contributed by atoms with Crippen LogP contribution in [-0.4, -0.2) is 30.3 Å². The minimum atomic E-state index is -2.71. The van der Waals surface area contributed by atoms with Crippen molar-refractivity contribution in [3.8, 4) is 0 Å². The van der Waals surface area contributed by atoms with E-state index in [-0.39, 0.29) is 12.3 Å². The van der Waals surface area contributed by atoms with Gasteiger partial charge in [-0.1, -0.05) is 24.8 Å². The molecule has 1 heterocycles. The van der Waals surface area contributed by atoms with Crippen molar-refractivity contribution in [1.82, 2.24) is 4.31 Å². The van der Waals surface area contributed by atoms with Gasteiger partial charge >= 0.3 is 5.97 Å². The molecule has 106 valence electrons. The number of nitrogens with zero attached hydrogens (tertiary/aromatic N) is 1. The summed E-state index contributed by atoms with van der Waals surface area (Å²) in [6.45, 7) is 5.76. The number of hydrogen-bond donors (Lipinski definition) is 2. The quantitative estimate of drug-likeness (QED) is 0.754. The van der Waals surface area contributed by atoms with Gasteiger partial charge < -0.3 is 5.11 Å². The molecule has 0 unspecified atom stereocenters. The van der Waals surface area contributed by atoms with E-state index in [2.05, 4.69) is 6.58 Å². The number of hydrogen-bond acceptors (Lipinski definition) is 3. The smallest absolute Gasteiger partial charge is 0.303 e. The molecule has 5 nitrogen and oxygen atoms in total. The number of carboxylic acids is 1. The van der Waals surface area contributed by atoms with E-state index < -0.39 is 16.9 Å². The lowest BCUT2D eigenvalue weighted by atomic mass is 9.89. The molecule has 1 N–H and O–H groups in total. The third-order valence-electron chi connectivity index (χ3n) is 3.10. The maximum Gasteiger partial charge on any atom is 0.303 e. The van der Waals surface area contributed by atoms with E-state index in [0.29, 0.717) is 25.1 Å². The van der Waals surface area contributed by atoms with Crippen molar-refractivity contribution < 1.29 is 18.3 Å². The molecular weight excluding hydrogens is 266 g/mol. The second-order valence-electron chi connectivity index (χ2n) is 4.42. The van der Waals surface area contributed by atoms with Crippen molar-refractivity contribution >= 4 is 16.9 Å². The van der Waals surface area contributed by atoms with E-state index in [0.717, 1.165) is 5.57 Å². The van der Waals surface area contributed by atoms with Gasteiger partial charge in [0.05, 0.1) is 5.70 Å². The number of piperidine rings is 1. The van der Waals surface area contributed by atoms with Gasteiger partial charge in [-0.3, -0.25) is 9.10 Å².